The van der Waals surface area contributed by atoms with E-state index in [1.165, 1.54) is 9.75 Å². The summed E-state index contributed by atoms with van der Waals surface area (Å²) in [6.07, 6.45) is 2.31. The summed E-state index contributed by atoms with van der Waals surface area (Å²) >= 11 is 1.85. The largest absolute Gasteiger partial charge is 0.317 e. The maximum Gasteiger partial charge on any atom is 0.143 e. The summed E-state index contributed by atoms with van der Waals surface area (Å²) in [5, 5.41) is 12.5. The van der Waals surface area contributed by atoms with E-state index in [1.807, 2.05) is 11.3 Å². The second kappa shape index (κ2) is 5.54. The summed E-state index contributed by atoms with van der Waals surface area (Å²) < 4.78 is 2.23. The van der Waals surface area contributed by atoms with Gasteiger partial charge in [0.15, 0.2) is 0 Å². The van der Waals surface area contributed by atoms with Crippen LogP contribution in [0.4, 0.5) is 0 Å². The van der Waals surface area contributed by atoms with E-state index in [-0.39, 0.29) is 5.41 Å². The highest BCUT2D eigenvalue weighted by Gasteiger charge is 2.32. The van der Waals surface area contributed by atoms with Gasteiger partial charge in [0.25, 0.3) is 0 Å². The fourth-order valence-electron chi connectivity index (χ4n) is 3.20. The van der Waals surface area contributed by atoms with Crippen LogP contribution in [0.2, 0.25) is 0 Å². The third kappa shape index (κ3) is 2.64. The molecule has 0 amide bonds. The zero-order valence-electron chi connectivity index (χ0n) is 13.3. The SMILES string of the molecule is Cc1ccc(C(C)(C)c2nnc(C3CCNCC3)n2C)s1. The van der Waals surface area contributed by atoms with Crippen LogP contribution in [0.15, 0.2) is 12.1 Å². The van der Waals surface area contributed by atoms with Gasteiger partial charge in [-0.05, 0) is 58.8 Å². The van der Waals surface area contributed by atoms with E-state index in [2.05, 4.69) is 60.0 Å². The van der Waals surface area contributed by atoms with Crippen LogP contribution in [0.5, 0.6) is 0 Å². The van der Waals surface area contributed by atoms with Crippen LogP contribution >= 0.6 is 11.3 Å². The van der Waals surface area contributed by atoms with Gasteiger partial charge < -0.3 is 9.88 Å². The van der Waals surface area contributed by atoms with Crippen LogP contribution < -0.4 is 5.32 Å². The Morgan fingerprint density at radius 2 is 1.95 bits per heavy atom. The lowest BCUT2D eigenvalue weighted by atomic mass is 9.90. The first-order chi connectivity index (χ1) is 10.00. The van der Waals surface area contributed by atoms with E-state index in [9.17, 15) is 0 Å². The Hall–Kier alpha value is -1.20. The zero-order chi connectivity index (χ0) is 15.0. The summed E-state index contributed by atoms with van der Waals surface area (Å²) in [5.74, 6) is 2.75. The van der Waals surface area contributed by atoms with Gasteiger partial charge in [-0.2, -0.15) is 0 Å². The molecule has 3 heterocycles. The Kier molecular flexibility index (Phi) is 3.88. The number of thiophene rings is 1. The Labute approximate surface area is 130 Å². The average Bonchev–Trinajstić information content (AvgIpc) is 3.06. The van der Waals surface area contributed by atoms with Crippen LogP contribution in [0, 0.1) is 6.92 Å². The third-order valence-corrected chi connectivity index (χ3v) is 5.85. The van der Waals surface area contributed by atoms with Gasteiger partial charge >= 0.3 is 0 Å². The highest BCUT2D eigenvalue weighted by molar-refractivity contribution is 7.12. The van der Waals surface area contributed by atoms with Crippen LogP contribution in [0.1, 0.15) is 54.0 Å². The second-order valence-electron chi connectivity index (χ2n) is 6.50. The van der Waals surface area contributed by atoms with Crippen molar-refractivity contribution < 1.29 is 0 Å². The predicted octanol–water partition coefficient (Wildman–Crippen LogP) is 2.98. The summed E-state index contributed by atoms with van der Waals surface area (Å²) in [5.41, 5.74) is -0.0914. The minimum atomic E-state index is -0.0914. The maximum atomic E-state index is 4.55. The van der Waals surface area contributed by atoms with Crippen molar-refractivity contribution in [3.8, 4) is 0 Å². The van der Waals surface area contributed by atoms with Gasteiger partial charge in [0.05, 0.1) is 5.41 Å². The van der Waals surface area contributed by atoms with Crippen molar-refractivity contribution in [1.29, 1.82) is 0 Å². The molecular weight excluding hydrogens is 280 g/mol. The van der Waals surface area contributed by atoms with E-state index < -0.39 is 0 Å². The number of rotatable bonds is 3. The van der Waals surface area contributed by atoms with E-state index in [0.717, 1.165) is 37.6 Å². The van der Waals surface area contributed by atoms with Gasteiger partial charge in [0.1, 0.15) is 11.6 Å². The average molecular weight is 304 g/mol. The second-order valence-corrected chi connectivity index (χ2v) is 7.79. The Morgan fingerprint density at radius 1 is 1.24 bits per heavy atom. The molecule has 1 N–H and O–H groups in total. The molecule has 2 aromatic rings. The molecule has 0 unspecified atom stereocenters. The molecule has 114 valence electrons. The summed E-state index contributed by atoms with van der Waals surface area (Å²) in [4.78, 5) is 2.70. The zero-order valence-corrected chi connectivity index (χ0v) is 14.1. The standard InChI is InChI=1S/C16H24N4S/c1-11-5-6-13(21-11)16(2,3)15-19-18-14(20(15)4)12-7-9-17-10-8-12/h5-6,12,17H,7-10H2,1-4H3. The van der Waals surface area contributed by atoms with Gasteiger partial charge in [0.2, 0.25) is 0 Å². The van der Waals surface area contributed by atoms with Crippen LogP contribution in [0.25, 0.3) is 0 Å². The fraction of sp³-hybridized carbons (Fsp3) is 0.625. The molecule has 0 saturated carbocycles. The molecule has 1 fully saturated rings. The van der Waals surface area contributed by atoms with Crippen molar-refractivity contribution in [3.05, 3.63) is 33.5 Å². The van der Waals surface area contributed by atoms with Gasteiger partial charge in [0, 0.05) is 22.7 Å². The molecule has 3 rings (SSSR count). The molecule has 0 spiro atoms. The van der Waals surface area contributed by atoms with E-state index in [0.29, 0.717) is 5.92 Å². The molecule has 1 aliphatic heterocycles. The number of aryl methyl sites for hydroxylation is 1. The number of piperidine rings is 1. The predicted molar refractivity (Wildman–Crippen MR) is 87.0 cm³/mol. The highest BCUT2D eigenvalue weighted by Crippen LogP contribution is 2.36. The molecule has 5 heteroatoms. The van der Waals surface area contributed by atoms with Crippen molar-refractivity contribution in [1.82, 2.24) is 20.1 Å². The Morgan fingerprint density at radius 3 is 2.57 bits per heavy atom. The first-order valence-electron chi connectivity index (χ1n) is 7.67. The molecule has 0 bridgehead atoms. The Bertz CT molecular complexity index is 620. The molecule has 0 aliphatic carbocycles. The molecule has 0 radical (unpaired) electrons. The van der Waals surface area contributed by atoms with Crippen molar-refractivity contribution in [2.45, 2.75) is 44.9 Å². The Balaban J connectivity index is 1.94. The lowest BCUT2D eigenvalue weighted by Gasteiger charge is -2.25. The summed E-state index contributed by atoms with van der Waals surface area (Å²) in [6.45, 7) is 8.81. The topological polar surface area (TPSA) is 42.7 Å². The normalized spacial score (nSPS) is 17.3. The lowest BCUT2D eigenvalue weighted by molar-refractivity contribution is 0.433. The first-order valence-corrected chi connectivity index (χ1v) is 8.49. The van der Waals surface area contributed by atoms with Crippen molar-refractivity contribution in [2.75, 3.05) is 13.1 Å². The van der Waals surface area contributed by atoms with Gasteiger partial charge in [-0.3, -0.25) is 0 Å². The number of nitrogens with zero attached hydrogens (tertiary/aromatic N) is 3. The molecular formula is C16H24N4S. The summed E-state index contributed by atoms with van der Waals surface area (Å²) in [7, 11) is 2.12. The van der Waals surface area contributed by atoms with Gasteiger partial charge in [-0.15, -0.1) is 21.5 Å². The van der Waals surface area contributed by atoms with Crippen molar-refractivity contribution >= 4 is 11.3 Å². The number of aromatic nitrogens is 3. The van der Waals surface area contributed by atoms with E-state index in [4.69, 9.17) is 0 Å². The number of hydrogen-bond acceptors (Lipinski definition) is 4. The molecule has 21 heavy (non-hydrogen) atoms. The third-order valence-electron chi connectivity index (χ3n) is 4.53. The van der Waals surface area contributed by atoms with Crippen LogP contribution in [-0.4, -0.2) is 27.9 Å². The van der Waals surface area contributed by atoms with Crippen LogP contribution in [-0.2, 0) is 12.5 Å². The quantitative estimate of drug-likeness (QED) is 0.948. The molecule has 4 nitrogen and oxygen atoms in total. The van der Waals surface area contributed by atoms with E-state index in [1.54, 1.807) is 0 Å². The van der Waals surface area contributed by atoms with Gasteiger partial charge in [-0.25, -0.2) is 0 Å². The maximum absolute atomic E-state index is 4.55. The smallest absolute Gasteiger partial charge is 0.143 e. The van der Waals surface area contributed by atoms with E-state index >= 15 is 0 Å². The molecule has 0 atom stereocenters. The number of nitrogens with one attached hydrogen (secondary N) is 1. The minimum Gasteiger partial charge on any atom is -0.317 e. The van der Waals surface area contributed by atoms with Crippen molar-refractivity contribution in [3.63, 3.8) is 0 Å². The molecule has 1 aliphatic rings. The fourth-order valence-corrected chi connectivity index (χ4v) is 4.17. The summed E-state index contributed by atoms with van der Waals surface area (Å²) in [6, 6.07) is 4.41. The molecule has 0 aromatic carbocycles. The lowest BCUT2D eigenvalue weighted by Crippen LogP contribution is -2.28. The number of hydrogen-bond donors (Lipinski definition) is 1. The molecule has 1 saturated heterocycles. The van der Waals surface area contributed by atoms with Gasteiger partial charge in [-0.1, -0.05) is 0 Å². The minimum absolute atomic E-state index is 0.0914. The first kappa shape index (κ1) is 14.7. The molecule has 2 aromatic heterocycles. The van der Waals surface area contributed by atoms with Crippen molar-refractivity contribution in [2.24, 2.45) is 7.05 Å². The highest BCUT2D eigenvalue weighted by atomic mass is 32.1. The monoisotopic (exact) mass is 304 g/mol. The van der Waals surface area contributed by atoms with Crippen LogP contribution in [0.3, 0.4) is 0 Å².